The number of allylic oxidation sites excluding steroid dienone is 1. The molecule has 0 unspecified atom stereocenters. The van der Waals surface area contributed by atoms with Crippen molar-refractivity contribution in [2.75, 3.05) is 11.4 Å². The first kappa shape index (κ1) is 13.4. The monoisotopic (exact) mass is 284 g/mol. The average Bonchev–Trinajstić information content (AvgIpc) is 2.76. The highest BCUT2D eigenvalue weighted by Gasteiger charge is 2.27. The molecule has 2 aromatic rings. The minimum absolute atomic E-state index is 0.244. The lowest BCUT2D eigenvalue weighted by Gasteiger charge is -2.24. The van der Waals surface area contributed by atoms with Gasteiger partial charge in [0.25, 0.3) is 0 Å². The van der Waals surface area contributed by atoms with Crippen molar-refractivity contribution in [2.45, 2.75) is 13.3 Å². The van der Waals surface area contributed by atoms with Gasteiger partial charge >= 0.3 is 6.03 Å². The number of imide groups is 1. The second-order valence-electron chi connectivity index (χ2n) is 4.98. The van der Waals surface area contributed by atoms with Gasteiger partial charge in [0, 0.05) is 25.4 Å². The molecule has 1 N–H and O–H groups in total. The molecule has 0 radical (unpaired) electrons. The number of carbonyl (C=O) groups excluding carboxylic acids is 2. The van der Waals surface area contributed by atoms with Gasteiger partial charge in [-0.1, -0.05) is 18.2 Å². The zero-order valence-corrected chi connectivity index (χ0v) is 12.0. The molecule has 0 bridgehead atoms. The molecule has 0 atom stereocenters. The number of hydrogen-bond donors (Lipinski definition) is 1. The Morgan fingerprint density at radius 1 is 1.33 bits per heavy atom. The Morgan fingerprint density at radius 3 is 2.86 bits per heavy atom. The lowest BCUT2D eigenvalue weighted by molar-refractivity contribution is -0.120. The summed E-state index contributed by atoms with van der Waals surface area (Å²) < 4.78 is 1.75. The van der Waals surface area contributed by atoms with Crippen molar-refractivity contribution >= 4 is 34.7 Å². The summed E-state index contributed by atoms with van der Waals surface area (Å²) in [6, 6.07) is 5.56. The summed E-state index contributed by atoms with van der Waals surface area (Å²) in [6.45, 7) is 2.32. The van der Waals surface area contributed by atoms with Gasteiger partial charge in [-0.05, 0) is 24.6 Å². The number of nitrogens with one attached hydrogen (secondary N) is 1. The molecular weight excluding hydrogens is 268 g/mol. The van der Waals surface area contributed by atoms with E-state index < -0.39 is 6.03 Å². The number of hydrogen-bond acceptors (Lipinski definition) is 3. The van der Waals surface area contributed by atoms with Gasteiger partial charge in [0.15, 0.2) is 5.82 Å². The van der Waals surface area contributed by atoms with Crippen LogP contribution in [0.3, 0.4) is 0 Å². The summed E-state index contributed by atoms with van der Waals surface area (Å²) >= 11 is 0. The zero-order valence-electron chi connectivity index (χ0n) is 12.0. The maximum Gasteiger partial charge on any atom is 0.329 e. The van der Waals surface area contributed by atoms with Crippen LogP contribution in [0.4, 0.5) is 10.6 Å². The number of nitrogens with zero attached hydrogens (tertiary/aromatic N) is 3. The maximum atomic E-state index is 12.0. The van der Waals surface area contributed by atoms with Gasteiger partial charge in [0.05, 0.1) is 5.52 Å². The molecule has 1 aliphatic heterocycles. The topological polar surface area (TPSA) is 67.2 Å². The first-order valence-corrected chi connectivity index (χ1v) is 6.81. The summed E-state index contributed by atoms with van der Waals surface area (Å²) in [4.78, 5) is 24.7. The van der Waals surface area contributed by atoms with E-state index in [4.69, 9.17) is 0 Å². The second kappa shape index (κ2) is 5.05. The van der Waals surface area contributed by atoms with Crippen LogP contribution in [0, 0.1) is 0 Å². The number of fused-ring (bicyclic) bond motifs is 1. The standard InChI is InChI=1S/C15H16N4O2/c1-3-4-10-5-6-11-12(9-10)18(2)17-14(11)19-8-7-13(20)16-15(19)21/h3-6,9H,7-8H2,1-2H3,(H,16,20,21)/b4-3-. The summed E-state index contributed by atoms with van der Waals surface area (Å²) in [5.41, 5.74) is 2.03. The number of aromatic nitrogens is 2. The Kier molecular flexibility index (Phi) is 3.21. The van der Waals surface area contributed by atoms with Crippen molar-refractivity contribution in [3.8, 4) is 0 Å². The Morgan fingerprint density at radius 2 is 2.14 bits per heavy atom. The molecule has 2 heterocycles. The normalized spacial score (nSPS) is 16.0. The molecule has 21 heavy (non-hydrogen) atoms. The van der Waals surface area contributed by atoms with E-state index in [2.05, 4.69) is 10.4 Å². The van der Waals surface area contributed by atoms with E-state index in [0.717, 1.165) is 16.5 Å². The number of urea groups is 1. The van der Waals surface area contributed by atoms with E-state index in [1.165, 1.54) is 4.90 Å². The zero-order chi connectivity index (χ0) is 15.0. The van der Waals surface area contributed by atoms with Crippen LogP contribution in [0.2, 0.25) is 0 Å². The van der Waals surface area contributed by atoms with Crippen LogP contribution >= 0.6 is 0 Å². The van der Waals surface area contributed by atoms with Crippen LogP contribution in [0.25, 0.3) is 17.0 Å². The van der Waals surface area contributed by atoms with E-state index >= 15 is 0 Å². The van der Waals surface area contributed by atoms with Gasteiger partial charge < -0.3 is 0 Å². The molecule has 3 amide bonds. The quantitative estimate of drug-likeness (QED) is 0.917. The Bertz CT molecular complexity index is 760. The van der Waals surface area contributed by atoms with Gasteiger partial charge in [-0.25, -0.2) is 4.79 Å². The molecule has 6 heteroatoms. The van der Waals surface area contributed by atoms with Crippen LogP contribution < -0.4 is 10.2 Å². The molecule has 0 saturated carbocycles. The van der Waals surface area contributed by atoms with Crippen molar-refractivity contribution in [2.24, 2.45) is 7.05 Å². The number of rotatable bonds is 2. The molecule has 0 aliphatic carbocycles. The fourth-order valence-corrected chi connectivity index (χ4v) is 2.52. The van der Waals surface area contributed by atoms with Gasteiger partial charge in [0.2, 0.25) is 5.91 Å². The largest absolute Gasteiger partial charge is 0.329 e. The fourth-order valence-electron chi connectivity index (χ4n) is 2.52. The third kappa shape index (κ3) is 2.29. The predicted molar refractivity (Wildman–Crippen MR) is 80.9 cm³/mol. The average molecular weight is 284 g/mol. The van der Waals surface area contributed by atoms with Crippen molar-refractivity contribution in [3.63, 3.8) is 0 Å². The number of aryl methyl sites for hydroxylation is 1. The first-order chi connectivity index (χ1) is 10.1. The first-order valence-electron chi connectivity index (χ1n) is 6.81. The fraction of sp³-hybridized carbons (Fsp3) is 0.267. The highest BCUT2D eigenvalue weighted by atomic mass is 16.2. The molecular formula is C15H16N4O2. The minimum Gasteiger partial charge on any atom is -0.278 e. The van der Waals surface area contributed by atoms with Crippen molar-refractivity contribution in [1.29, 1.82) is 0 Å². The molecule has 1 saturated heterocycles. The maximum absolute atomic E-state index is 12.0. The van der Waals surface area contributed by atoms with Gasteiger partial charge in [-0.2, -0.15) is 5.10 Å². The summed E-state index contributed by atoms with van der Waals surface area (Å²) in [6.07, 6.45) is 4.28. The third-order valence-corrected chi connectivity index (χ3v) is 3.52. The molecule has 1 fully saturated rings. The molecule has 1 aliphatic rings. The number of anilines is 1. The smallest absolute Gasteiger partial charge is 0.278 e. The predicted octanol–water partition coefficient (Wildman–Crippen LogP) is 2.05. The molecule has 1 aromatic heterocycles. The molecule has 6 nitrogen and oxygen atoms in total. The molecule has 108 valence electrons. The highest BCUT2D eigenvalue weighted by molar-refractivity contribution is 6.08. The Labute approximate surface area is 122 Å². The highest BCUT2D eigenvalue weighted by Crippen LogP contribution is 2.28. The van der Waals surface area contributed by atoms with E-state index in [-0.39, 0.29) is 5.91 Å². The minimum atomic E-state index is -0.413. The summed E-state index contributed by atoms with van der Waals surface area (Å²) in [7, 11) is 1.85. The third-order valence-electron chi connectivity index (χ3n) is 3.52. The second-order valence-corrected chi connectivity index (χ2v) is 4.98. The van der Waals surface area contributed by atoms with Crippen LogP contribution in [-0.2, 0) is 11.8 Å². The lowest BCUT2D eigenvalue weighted by atomic mass is 10.1. The van der Waals surface area contributed by atoms with Crippen molar-refractivity contribution in [3.05, 3.63) is 29.8 Å². The SMILES string of the molecule is C/C=C\c1ccc2c(N3CCC(=O)NC3=O)nn(C)c2c1. The number of carbonyl (C=O) groups is 2. The molecule has 1 aromatic carbocycles. The number of benzene rings is 1. The lowest BCUT2D eigenvalue weighted by Crippen LogP contribution is -2.49. The molecule has 0 spiro atoms. The van der Waals surface area contributed by atoms with Crippen LogP contribution in [0.15, 0.2) is 24.3 Å². The summed E-state index contributed by atoms with van der Waals surface area (Å²) in [5.74, 6) is 0.344. The Hall–Kier alpha value is -2.63. The van der Waals surface area contributed by atoms with Crippen LogP contribution in [0.5, 0.6) is 0 Å². The van der Waals surface area contributed by atoms with Crippen LogP contribution in [-0.4, -0.2) is 28.3 Å². The van der Waals surface area contributed by atoms with E-state index in [1.54, 1.807) is 4.68 Å². The van der Waals surface area contributed by atoms with Crippen LogP contribution in [0.1, 0.15) is 18.9 Å². The molecule has 3 rings (SSSR count). The summed E-state index contributed by atoms with van der Waals surface area (Å²) in [5, 5.41) is 7.66. The van der Waals surface area contributed by atoms with Crippen molar-refractivity contribution < 1.29 is 9.59 Å². The van der Waals surface area contributed by atoms with E-state index in [0.29, 0.717) is 18.8 Å². The van der Waals surface area contributed by atoms with Crippen molar-refractivity contribution in [1.82, 2.24) is 15.1 Å². The Balaban J connectivity index is 2.07. The van der Waals surface area contributed by atoms with E-state index in [1.807, 2.05) is 44.3 Å². The van der Waals surface area contributed by atoms with Gasteiger partial charge in [-0.15, -0.1) is 0 Å². The van der Waals surface area contributed by atoms with Gasteiger partial charge in [0.1, 0.15) is 0 Å². The van der Waals surface area contributed by atoms with E-state index in [9.17, 15) is 9.59 Å². The van der Waals surface area contributed by atoms with Gasteiger partial charge in [-0.3, -0.25) is 19.7 Å². The number of amides is 3.